The molecule has 6 heteroatoms. The number of piperidine rings is 1. The molecule has 2 N–H and O–H groups in total. The molecule has 1 aliphatic rings. The summed E-state index contributed by atoms with van der Waals surface area (Å²) in [7, 11) is 0. The molecule has 1 fully saturated rings. The molecule has 2 atom stereocenters. The molecule has 1 saturated heterocycles. The Labute approximate surface area is 213 Å². The molecule has 3 aromatic carbocycles. The minimum Gasteiger partial charge on any atom is -0.486 e. The predicted molar refractivity (Wildman–Crippen MR) is 143 cm³/mol. The van der Waals surface area contributed by atoms with Gasteiger partial charge in [-0.25, -0.2) is 0 Å². The lowest BCUT2D eigenvalue weighted by molar-refractivity contribution is -0.127. The van der Waals surface area contributed by atoms with Gasteiger partial charge in [0.05, 0.1) is 6.54 Å². The number of amides is 1. The maximum atomic E-state index is 12.8. The highest BCUT2D eigenvalue weighted by molar-refractivity contribution is 5.92. The van der Waals surface area contributed by atoms with Gasteiger partial charge in [0.15, 0.2) is 0 Å². The standard InChI is InChI=1S/C30H36N2O4/c1-2-3-10-19-30(34)20-21-32(22-28(30)36-26-13-8-5-9-14-26)23-29(33)31-24-15-17-27(18-16-24)35-25-11-6-4-7-12-25/h4-9,11-18,28,34H,2-3,10,19-23H2,1H3,(H,31,33)/t28-,30-/m0/s1. The molecule has 0 bridgehead atoms. The number of hydrogen-bond acceptors (Lipinski definition) is 5. The number of carbonyl (C=O) groups excluding carboxylic acids is 1. The van der Waals surface area contributed by atoms with E-state index in [4.69, 9.17) is 9.47 Å². The molecular formula is C30H36N2O4. The molecular weight excluding hydrogens is 452 g/mol. The summed E-state index contributed by atoms with van der Waals surface area (Å²) >= 11 is 0. The van der Waals surface area contributed by atoms with Crippen LogP contribution in [0.25, 0.3) is 0 Å². The van der Waals surface area contributed by atoms with Crippen LogP contribution in [0.4, 0.5) is 5.69 Å². The molecule has 0 spiro atoms. The number of para-hydroxylation sites is 2. The van der Waals surface area contributed by atoms with Gasteiger partial charge >= 0.3 is 0 Å². The molecule has 1 aliphatic heterocycles. The maximum Gasteiger partial charge on any atom is 0.238 e. The molecule has 6 nitrogen and oxygen atoms in total. The SMILES string of the molecule is CCCCC[C@]1(O)CCN(CC(=O)Nc2ccc(Oc3ccccc3)cc2)C[C@@H]1Oc1ccccc1. The van der Waals surface area contributed by atoms with E-state index in [1.165, 1.54) is 0 Å². The van der Waals surface area contributed by atoms with E-state index in [1.807, 2.05) is 84.9 Å². The van der Waals surface area contributed by atoms with Crippen molar-refractivity contribution in [1.29, 1.82) is 0 Å². The molecule has 0 aliphatic carbocycles. The number of unbranched alkanes of at least 4 members (excludes halogenated alkanes) is 2. The van der Waals surface area contributed by atoms with E-state index in [-0.39, 0.29) is 12.5 Å². The minimum absolute atomic E-state index is 0.0957. The summed E-state index contributed by atoms with van der Waals surface area (Å²) in [5, 5.41) is 14.4. The quantitative estimate of drug-likeness (QED) is 0.330. The van der Waals surface area contributed by atoms with Gasteiger partial charge in [-0.15, -0.1) is 0 Å². The Morgan fingerprint density at radius 1 is 0.944 bits per heavy atom. The zero-order chi connectivity index (χ0) is 25.2. The van der Waals surface area contributed by atoms with Crippen molar-refractivity contribution >= 4 is 11.6 Å². The molecule has 0 unspecified atom stereocenters. The molecule has 4 rings (SSSR count). The first kappa shape index (κ1) is 25.7. The molecule has 1 amide bonds. The zero-order valence-electron chi connectivity index (χ0n) is 20.9. The average molecular weight is 489 g/mol. The maximum absolute atomic E-state index is 12.8. The Balaban J connectivity index is 1.33. The fourth-order valence-electron chi connectivity index (χ4n) is 4.56. The van der Waals surface area contributed by atoms with Crippen LogP contribution in [0.15, 0.2) is 84.9 Å². The van der Waals surface area contributed by atoms with Crippen molar-refractivity contribution in [2.45, 2.75) is 50.7 Å². The predicted octanol–water partition coefficient (Wildman–Crippen LogP) is 5.88. The van der Waals surface area contributed by atoms with E-state index in [2.05, 4.69) is 17.1 Å². The van der Waals surface area contributed by atoms with Gasteiger partial charge in [-0.1, -0.05) is 62.6 Å². The van der Waals surface area contributed by atoms with Gasteiger partial charge in [-0.3, -0.25) is 9.69 Å². The van der Waals surface area contributed by atoms with E-state index in [1.54, 1.807) is 0 Å². The second-order valence-electron chi connectivity index (χ2n) is 9.45. The lowest BCUT2D eigenvalue weighted by Gasteiger charge is -2.44. The van der Waals surface area contributed by atoms with Gasteiger partial charge in [0, 0.05) is 18.8 Å². The van der Waals surface area contributed by atoms with Gasteiger partial charge in [-0.2, -0.15) is 0 Å². The molecule has 0 aromatic heterocycles. The number of rotatable bonds is 11. The van der Waals surface area contributed by atoms with E-state index in [0.29, 0.717) is 37.4 Å². The number of nitrogens with one attached hydrogen (secondary N) is 1. The molecule has 1 heterocycles. The zero-order valence-corrected chi connectivity index (χ0v) is 20.9. The molecule has 36 heavy (non-hydrogen) atoms. The van der Waals surface area contributed by atoms with Crippen molar-refractivity contribution in [2.24, 2.45) is 0 Å². The van der Waals surface area contributed by atoms with Crippen molar-refractivity contribution in [3.05, 3.63) is 84.9 Å². The van der Waals surface area contributed by atoms with E-state index in [0.717, 1.165) is 30.8 Å². The monoisotopic (exact) mass is 488 g/mol. The number of hydrogen-bond donors (Lipinski definition) is 2. The largest absolute Gasteiger partial charge is 0.486 e. The second kappa shape index (κ2) is 12.6. The third-order valence-corrected chi connectivity index (χ3v) is 6.60. The Kier molecular flexibility index (Phi) is 8.98. The normalized spacial score (nSPS) is 20.0. The Bertz CT molecular complexity index is 1080. The summed E-state index contributed by atoms with van der Waals surface area (Å²) in [6.45, 7) is 3.54. The van der Waals surface area contributed by atoms with Crippen LogP contribution in [0.1, 0.15) is 39.0 Å². The fraction of sp³-hybridized carbons (Fsp3) is 0.367. The first-order valence-electron chi connectivity index (χ1n) is 12.8. The minimum atomic E-state index is -0.896. The van der Waals surface area contributed by atoms with E-state index >= 15 is 0 Å². The third kappa shape index (κ3) is 7.33. The van der Waals surface area contributed by atoms with E-state index < -0.39 is 11.7 Å². The number of aliphatic hydroxyl groups is 1. The van der Waals surface area contributed by atoms with Gasteiger partial charge in [0.25, 0.3) is 0 Å². The fourth-order valence-corrected chi connectivity index (χ4v) is 4.56. The van der Waals surface area contributed by atoms with Gasteiger partial charge < -0.3 is 19.9 Å². The van der Waals surface area contributed by atoms with Crippen LogP contribution in [0.5, 0.6) is 17.2 Å². The van der Waals surface area contributed by atoms with Crippen LogP contribution in [-0.2, 0) is 4.79 Å². The summed E-state index contributed by atoms with van der Waals surface area (Å²) in [5.41, 5.74) is -0.183. The lowest BCUT2D eigenvalue weighted by Crippen LogP contribution is -2.58. The summed E-state index contributed by atoms with van der Waals surface area (Å²) in [4.78, 5) is 14.9. The van der Waals surface area contributed by atoms with Crippen molar-refractivity contribution in [3.8, 4) is 17.2 Å². The summed E-state index contributed by atoms with van der Waals surface area (Å²) in [5.74, 6) is 2.11. The molecule has 0 radical (unpaired) electrons. The Hall–Kier alpha value is -3.35. The second-order valence-corrected chi connectivity index (χ2v) is 9.45. The summed E-state index contributed by atoms with van der Waals surface area (Å²) in [6.07, 6.45) is 4.04. The van der Waals surface area contributed by atoms with Crippen LogP contribution >= 0.6 is 0 Å². The van der Waals surface area contributed by atoms with Gasteiger partial charge in [0.1, 0.15) is 29.0 Å². The van der Waals surface area contributed by atoms with Crippen molar-refractivity contribution < 1.29 is 19.4 Å². The first-order chi connectivity index (χ1) is 17.5. The number of likely N-dealkylation sites (tertiary alicyclic amines) is 1. The number of carbonyl (C=O) groups is 1. The van der Waals surface area contributed by atoms with Crippen LogP contribution in [0, 0.1) is 0 Å². The van der Waals surface area contributed by atoms with Gasteiger partial charge in [0.2, 0.25) is 5.91 Å². The van der Waals surface area contributed by atoms with Crippen molar-refractivity contribution in [1.82, 2.24) is 4.90 Å². The number of ether oxygens (including phenoxy) is 2. The highest BCUT2D eigenvalue weighted by Crippen LogP contribution is 2.31. The highest BCUT2D eigenvalue weighted by Gasteiger charge is 2.43. The Morgan fingerprint density at radius 3 is 2.25 bits per heavy atom. The third-order valence-electron chi connectivity index (χ3n) is 6.60. The smallest absolute Gasteiger partial charge is 0.238 e. The van der Waals surface area contributed by atoms with Gasteiger partial charge in [-0.05, 0) is 61.4 Å². The molecule has 190 valence electrons. The first-order valence-corrected chi connectivity index (χ1v) is 12.8. The number of nitrogens with zero attached hydrogens (tertiary/aromatic N) is 1. The van der Waals surface area contributed by atoms with Crippen molar-refractivity contribution in [3.63, 3.8) is 0 Å². The van der Waals surface area contributed by atoms with Crippen LogP contribution in [0.3, 0.4) is 0 Å². The highest BCUT2D eigenvalue weighted by atomic mass is 16.5. The summed E-state index contributed by atoms with van der Waals surface area (Å²) < 4.78 is 12.1. The van der Waals surface area contributed by atoms with Crippen LogP contribution in [0.2, 0.25) is 0 Å². The Morgan fingerprint density at radius 2 is 1.58 bits per heavy atom. The number of benzene rings is 3. The van der Waals surface area contributed by atoms with Crippen LogP contribution < -0.4 is 14.8 Å². The lowest BCUT2D eigenvalue weighted by atomic mass is 9.83. The summed E-state index contributed by atoms with van der Waals surface area (Å²) in [6, 6.07) is 26.5. The van der Waals surface area contributed by atoms with Crippen LogP contribution in [-0.4, -0.2) is 47.3 Å². The van der Waals surface area contributed by atoms with E-state index in [9.17, 15) is 9.90 Å². The topological polar surface area (TPSA) is 71.0 Å². The number of anilines is 1. The molecule has 0 saturated carbocycles. The van der Waals surface area contributed by atoms with Crippen molar-refractivity contribution in [2.75, 3.05) is 25.0 Å². The molecule has 3 aromatic rings. The average Bonchev–Trinajstić information content (AvgIpc) is 2.89.